The number of thioether (sulfide) groups is 1. The molecular formula is C20H22ClN7S. The van der Waals surface area contributed by atoms with Gasteiger partial charge in [-0.25, -0.2) is 4.98 Å². The minimum Gasteiger partial charge on any atom is -0.324 e. The lowest BCUT2D eigenvalue weighted by Crippen LogP contribution is -2.05. The van der Waals surface area contributed by atoms with E-state index < -0.39 is 0 Å². The van der Waals surface area contributed by atoms with Crippen LogP contribution in [0.3, 0.4) is 0 Å². The molecule has 2 aromatic heterocycles. The zero-order valence-corrected chi connectivity index (χ0v) is 18.2. The number of rotatable bonds is 5. The molecule has 0 aliphatic carbocycles. The fourth-order valence-electron chi connectivity index (χ4n) is 3.22. The number of aryl methyl sites for hydroxylation is 3. The van der Waals surface area contributed by atoms with Crippen molar-refractivity contribution in [3.05, 3.63) is 51.8 Å². The summed E-state index contributed by atoms with van der Waals surface area (Å²) in [5.41, 5.74) is 5.49. The number of H-pyrrole nitrogens is 1. The first-order valence-electron chi connectivity index (χ1n) is 9.26. The molecule has 0 spiro atoms. The van der Waals surface area contributed by atoms with Crippen LogP contribution in [-0.2, 0) is 0 Å². The van der Waals surface area contributed by atoms with Crippen LogP contribution < -0.4 is 10.6 Å². The second-order valence-corrected chi connectivity index (χ2v) is 8.70. The van der Waals surface area contributed by atoms with Crippen molar-refractivity contribution < 1.29 is 0 Å². The Hall–Kier alpha value is -2.58. The number of aliphatic imine (C=N–C) groups is 1. The molecule has 7 nitrogen and oxygen atoms in total. The summed E-state index contributed by atoms with van der Waals surface area (Å²) in [4.78, 5) is 13.6. The molecule has 0 saturated carbocycles. The van der Waals surface area contributed by atoms with E-state index in [1.807, 2.05) is 24.8 Å². The fraction of sp³-hybridized carbons (Fsp3) is 0.300. The van der Waals surface area contributed by atoms with Crippen molar-refractivity contribution in [2.75, 3.05) is 16.4 Å². The number of halogens is 1. The normalized spacial score (nSPS) is 16.0. The number of anilines is 4. The van der Waals surface area contributed by atoms with Gasteiger partial charge in [-0.05, 0) is 50.5 Å². The fourth-order valence-corrected chi connectivity index (χ4v) is 4.22. The number of aromatic nitrogens is 4. The lowest BCUT2D eigenvalue weighted by Gasteiger charge is -2.16. The third kappa shape index (κ3) is 4.38. The molecule has 1 aliphatic rings. The first kappa shape index (κ1) is 19.7. The molecule has 4 rings (SSSR count). The topological polar surface area (TPSA) is 90.9 Å². The zero-order valence-electron chi connectivity index (χ0n) is 16.7. The Morgan fingerprint density at radius 1 is 1.10 bits per heavy atom. The molecular weight excluding hydrogens is 406 g/mol. The van der Waals surface area contributed by atoms with Crippen molar-refractivity contribution in [1.82, 2.24) is 20.2 Å². The molecule has 9 heteroatoms. The maximum atomic E-state index is 6.25. The van der Waals surface area contributed by atoms with Gasteiger partial charge >= 0.3 is 0 Å². The van der Waals surface area contributed by atoms with Gasteiger partial charge in [-0.15, -0.1) is 11.8 Å². The second kappa shape index (κ2) is 8.04. The molecule has 0 fully saturated rings. The molecule has 150 valence electrons. The average Bonchev–Trinajstić information content (AvgIpc) is 3.29. The maximum Gasteiger partial charge on any atom is 0.229 e. The maximum absolute atomic E-state index is 6.25. The number of nitrogens with one attached hydrogen (secondary N) is 3. The van der Waals surface area contributed by atoms with Gasteiger partial charge in [0.2, 0.25) is 5.95 Å². The van der Waals surface area contributed by atoms with Crippen molar-refractivity contribution in [2.45, 2.75) is 33.7 Å². The van der Waals surface area contributed by atoms with Gasteiger partial charge in [-0.1, -0.05) is 17.7 Å². The van der Waals surface area contributed by atoms with Crippen molar-refractivity contribution in [3.8, 4) is 0 Å². The SMILES string of the molecule is CC1=NC(c2cc(C)c(Nc3ncc(Cl)c(Nc4cc(C)[nH]n4)n3)cc2C)CS1. The van der Waals surface area contributed by atoms with Crippen LogP contribution >= 0.6 is 23.4 Å². The van der Waals surface area contributed by atoms with E-state index in [4.69, 9.17) is 16.6 Å². The molecule has 1 atom stereocenters. The number of hydrogen-bond donors (Lipinski definition) is 3. The molecule has 1 unspecified atom stereocenters. The highest BCUT2D eigenvalue weighted by Gasteiger charge is 2.20. The van der Waals surface area contributed by atoms with Gasteiger partial charge in [-0.2, -0.15) is 10.1 Å². The van der Waals surface area contributed by atoms with Gasteiger partial charge in [0.15, 0.2) is 11.6 Å². The van der Waals surface area contributed by atoms with E-state index in [1.165, 1.54) is 11.1 Å². The van der Waals surface area contributed by atoms with Crippen molar-refractivity contribution in [1.29, 1.82) is 0 Å². The summed E-state index contributed by atoms with van der Waals surface area (Å²) >= 11 is 8.06. The Balaban J connectivity index is 1.57. The van der Waals surface area contributed by atoms with Crippen LogP contribution in [0.15, 0.2) is 29.4 Å². The first-order valence-corrected chi connectivity index (χ1v) is 10.6. The van der Waals surface area contributed by atoms with Crippen LogP contribution in [0.2, 0.25) is 5.02 Å². The standard InChI is InChI=1S/C20H22ClN7S/c1-10-6-16(11(2)5-14(10)17-9-29-13(4)23-17)24-20-22-8-15(21)19(26-20)25-18-7-12(3)27-28-18/h5-8,17H,9H2,1-4H3,(H3,22,24,25,26,27,28). The van der Waals surface area contributed by atoms with Gasteiger partial charge in [0.1, 0.15) is 5.02 Å². The van der Waals surface area contributed by atoms with Gasteiger partial charge < -0.3 is 10.6 Å². The Morgan fingerprint density at radius 3 is 2.62 bits per heavy atom. The summed E-state index contributed by atoms with van der Waals surface area (Å²) < 4.78 is 0. The summed E-state index contributed by atoms with van der Waals surface area (Å²) in [6, 6.07) is 6.43. The van der Waals surface area contributed by atoms with Crippen LogP contribution in [0.25, 0.3) is 0 Å². The molecule has 1 aromatic carbocycles. The number of hydrogen-bond acceptors (Lipinski definition) is 7. The highest BCUT2D eigenvalue weighted by molar-refractivity contribution is 8.14. The first-order chi connectivity index (χ1) is 13.9. The second-order valence-electron chi connectivity index (χ2n) is 7.07. The molecule has 1 aliphatic heterocycles. The molecule has 0 amide bonds. The highest BCUT2D eigenvalue weighted by atomic mass is 35.5. The number of nitrogens with zero attached hydrogens (tertiary/aromatic N) is 4. The van der Waals surface area contributed by atoms with Gasteiger partial charge in [0, 0.05) is 23.2 Å². The highest BCUT2D eigenvalue weighted by Crippen LogP contribution is 2.35. The predicted molar refractivity (Wildman–Crippen MR) is 121 cm³/mol. The largest absolute Gasteiger partial charge is 0.324 e. The minimum absolute atomic E-state index is 0.229. The minimum atomic E-state index is 0.229. The predicted octanol–water partition coefficient (Wildman–Crippen LogP) is 5.47. The van der Waals surface area contributed by atoms with Gasteiger partial charge in [0.05, 0.1) is 17.3 Å². The zero-order chi connectivity index (χ0) is 20.5. The molecule has 0 saturated heterocycles. The van der Waals surface area contributed by atoms with Crippen LogP contribution in [0.1, 0.15) is 35.3 Å². The van der Waals surface area contributed by atoms with Gasteiger partial charge in [-0.3, -0.25) is 10.1 Å². The van der Waals surface area contributed by atoms with Crippen LogP contribution in [0.5, 0.6) is 0 Å². The monoisotopic (exact) mass is 427 g/mol. The van der Waals surface area contributed by atoms with Crippen LogP contribution in [0, 0.1) is 20.8 Å². The van der Waals surface area contributed by atoms with E-state index in [-0.39, 0.29) is 6.04 Å². The average molecular weight is 428 g/mol. The third-order valence-corrected chi connectivity index (χ3v) is 5.98. The van der Waals surface area contributed by atoms with Crippen molar-refractivity contribution in [2.24, 2.45) is 4.99 Å². The van der Waals surface area contributed by atoms with Gasteiger partial charge in [0.25, 0.3) is 0 Å². The van der Waals surface area contributed by atoms with Crippen LogP contribution in [0.4, 0.5) is 23.3 Å². The van der Waals surface area contributed by atoms with Crippen LogP contribution in [-0.4, -0.2) is 31.0 Å². The summed E-state index contributed by atoms with van der Waals surface area (Å²) in [6.07, 6.45) is 1.57. The van der Waals surface area contributed by atoms with E-state index in [0.717, 1.165) is 27.7 Å². The quantitative estimate of drug-likeness (QED) is 0.500. The third-order valence-electron chi connectivity index (χ3n) is 4.70. The van der Waals surface area contributed by atoms with Crippen molar-refractivity contribution >= 4 is 51.7 Å². The van der Waals surface area contributed by atoms with E-state index in [2.05, 4.69) is 63.7 Å². The molecule has 3 aromatic rings. The Kier molecular flexibility index (Phi) is 5.47. The Morgan fingerprint density at radius 2 is 1.93 bits per heavy atom. The Labute approximate surface area is 178 Å². The Bertz CT molecular complexity index is 1090. The van der Waals surface area contributed by atoms with E-state index in [9.17, 15) is 0 Å². The summed E-state index contributed by atoms with van der Waals surface area (Å²) in [7, 11) is 0. The molecule has 0 bridgehead atoms. The van der Waals surface area contributed by atoms with E-state index in [0.29, 0.717) is 22.6 Å². The molecule has 3 N–H and O–H groups in total. The van der Waals surface area contributed by atoms with E-state index >= 15 is 0 Å². The smallest absolute Gasteiger partial charge is 0.229 e. The number of benzene rings is 1. The van der Waals surface area contributed by atoms with Crippen molar-refractivity contribution in [3.63, 3.8) is 0 Å². The molecule has 29 heavy (non-hydrogen) atoms. The molecule has 3 heterocycles. The summed E-state index contributed by atoms with van der Waals surface area (Å²) in [5.74, 6) is 2.61. The lowest BCUT2D eigenvalue weighted by atomic mass is 9.98. The summed E-state index contributed by atoms with van der Waals surface area (Å²) in [5, 5.41) is 15.0. The van der Waals surface area contributed by atoms with E-state index in [1.54, 1.807) is 6.20 Å². The molecule has 0 radical (unpaired) electrons. The number of aromatic amines is 1. The summed E-state index contributed by atoms with van der Waals surface area (Å²) in [6.45, 7) is 8.18. The lowest BCUT2D eigenvalue weighted by molar-refractivity contribution is 0.838.